The van der Waals surface area contributed by atoms with Crippen molar-refractivity contribution in [1.29, 1.82) is 0 Å². The minimum Gasteiger partial charge on any atom is -0.341 e. The van der Waals surface area contributed by atoms with E-state index in [1.807, 2.05) is 11.8 Å². The van der Waals surface area contributed by atoms with Crippen molar-refractivity contribution < 1.29 is 9.59 Å². The predicted molar refractivity (Wildman–Crippen MR) is 88.2 cm³/mol. The maximum Gasteiger partial charge on any atom is 0.227 e. The zero-order valence-electron chi connectivity index (χ0n) is 12.6. The SMILES string of the molecule is CCC(=O)N1CCCN(C(=O)Cc2c(Cl)cccc2Cl)CC1. The highest BCUT2D eigenvalue weighted by Gasteiger charge is 2.22. The normalized spacial score (nSPS) is 15.6. The van der Waals surface area contributed by atoms with Crippen LogP contribution in [0.2, 0.25) is 10.0 Å². The quantitative estimate of drug-likeness (QED) is 0.847. The largest absolute Gasteiger partial charge is 0.341 e. The number of nitrogens with zero attached hydrogens (tertiary/aromatic N) is 2. The topological polar surface area (TPSA) is 40.6 Å². The average Bonchev–Trinajstić information content (AvgIpc) is 2.76. The van der Waals surface area contributed by atoms with Crippen LogP contribution in [0.3, 0.4) is 0 Å². The van der Waals surface area contributed by atoms with Crippen molar-refractivity contribution in [2.24, 2.45) is 0 Å². The molecule has 4 nitrogen and oxygen atoms in total. The van der Waals surface area contributed by atoms with Gasteiger partial charge in [0.25, 0.3) is 0 Å². The number of carbonyl (C=O) groups is 2. The molecule has 0 bridgehead atoms. The van der Waals surface area contributed by atoms with E-state index in [2.05, 4.69) is 0 Å². The lowest BCUT2D eigenvalue weighted by molar-refractivity contribution is -0.133. The number of amides is 2. The standard InChI is InChI=1S/C16H20Cl2N2O2/c1-2-15(21)19-7-4-8-20(10-9-19)16(22)11-12-13(17)5-3-6-14(12)18/h3,5-6H,2,4,7-11H2,1H3. The minimum atomic E-state index is 0.000738. The zero-order chi connectivity index (χ0) is 16.1. The lowest BCUT2D eigenvalue weighted by atomic mass is 10.1. The molecule has 6 heteroatoms. The van der Waals surface area contributed by atoms with Gasteiger partial charge in [0.2, 0.25) is 11.8 Å². The van der Waals surface area contributed by atoms with Gasteiger partial charge in [-0.05, 0) is 24.1 Å². The third-order valence-electron chi connectivity index (χ3n) is 3.89. The molecule has 0 saturated carbocycles. The Labute approximate surface area is 141 Å². The van der Waals surface area contributed by atoms with Crippen LogP contribution in [0.4, 0.5) is 0 Å². The van der Waals surface area contributed by atoms with E-state index in [0.717, 1.165) is 6.42 Å². The van der Waals surface area contributed by atoms with Crippen LogP contribution in [-0.2, 0) is 16.0 Å². The van der Waals surface area contributed by atoms with E-state index >= 15 is 0 Å². The molecule has 120 valence electrons. The molecular formula is C16H20Cl2N2O2. The minimum absolute atomic E-state index is 0.000738. The number of hydrogen-bond acceptors (Lipinski definition) is 2. The lowest BCUT2D eigenvalue weighted by Crippen LogP contribution is -2.37. The fourth-order valence-corrected chi connectivity index (χ4v) is 3.14. The van der Waals surface area contributed by atoms with Gasteiger partial charge in [0.1, 0.15) is 0 Å². The van der Waals surface area contributed by atoms with Crippen LogP contribution in [0.15, 0.2) is 18.2 Å². The summed E-state index contributed by atoms with van der Waals surface area (Å²) in [5.41, 5.74) is 0.668. The molecular weight excluding hydrogens is 323 g/mol. The highest BCUT2D eigenvalue weighted by molar-refractivity contribution is 6.36. The summed E-state index contributed by atoms with van der Waals surface area (Å²) < 4.78 is 0. The average molecular weight is 343 g/mol. The summed E-state index contributed by atoms with van der Waals surface area (Å²) in [6.45, 7) is 4.38. The van der Waals surface area contributed by atoms with Crippen LogP contribution in [0, 0.1) is 0 Å². The molecule has 1 saturated heterocycles. The molecule has 0 aliphatic carbocycles. The van der Waals surface area contributed by atoms with Crippen LogP contribution in [0.25, 0.3) is 0 Å². The van der Waals surface area contributed by atoms with Crippen LogP contribution < -0.4 is 0 Å². The first kappa shape index (κ1) is 17.1. The van der Waals surface area contributed by atoms with E-state index in [0.29, 0.717) is 48.2 Å². The van der Waals surface area contributed by atoms with Gasteiger partial charge in [-0.15, -0.1) is 0 Å². The van der Waals surface area contributed by atoms with Crippen molar-refractivity contribution >= 4 is 35.0 Å². The van der Waals surface area contributed by atoms with Gasteiger partial charge < -0.3 is 9.80 Å². The van der Waals surface area contributed by atoms with E-state index < -0.39 is 0 Å². The monoisotopic (exact) mass is 342 g/mol. The van der Waals surface area contributed by atoms with E-state index in [1.165, 1.54) is 0 Å². The molecule has 1 aromatic carbocycles. The molecule has 1 fully saturated rings. The second kappa shape index (κ2) is 7.84. The number of halogens is 2. The van der Waals surface area contributed by atoms with Crippen LogP contribution >= 0.6 is 23.2 Å². The predicted octanol–water partition coefficient (Wildman–Crippen LogP) is 3.01. The van der Waals surface area contributed by atoms with Gasteiger partial charge in [-0.3, -0.25) is 9.59 Å². The summed E-state index contributed by atoms with van der Waals surface area (Å²) >= 11 is 12.2. The van der Waals surface area contributed by atoms with Gasteiger partial charge >= 0.3 is 0 Å². The Bertz CT molecular complexity index is 543. The Morgan fingerprint density at radius 2 is 1.55 bits per heavy atom. The second-order valence-electron chi connectivity index (χ2n) is 5.35. The fourth-order valence-electron chi connectivity index (χ4n) is 2.60. The second-order valence-corrected chi connectivity index (χ2v) is 6.16. The first-order valence-corrected chi connectivity index (χ1v) is 8.27. The molecule has 0 spiro atoms. The third kappa shape index (κ3) is 4.14. The summed E-state index contributed by atoms with van der Waals surface area (Å²) in [6.07, 6.45) is 1.50. The van der Waals surface area contributed by atoms with Gasteiger partial charge in [-0.25, -0.2) is 0 Å². The zero-order valence-corrected chi connectivity index (χ0v) is 14.2. The van der Waals surface area contributed by atoms with Crippen molar-refractivity contribution in [3.8, 4) is 0 Å². The fraction of sp³-hybridized carbons (Fsp3) is 0.500. The van der Waals surface area contributed by atoms with Gasteiger partial charge in [-0.2, -0.15) is 0 Å². The molecule has 1 heterocycles. The molecule has 0 radical (unpaired) electrons. The van der Waals surface area contributed by atoms with Crippen molar-refractivity contribution in [1.82, 2.24) is 9.80 Å². The summed E-state index contributed by atoms with van der Waals surface area (Å²) in [4.78, 5) is 27.9. The first-order chi connectivity index (χ1) is 10.5. The molecule has 22 heavy (non-hydrogen) atoms. The summed E-state index contributed by atoms with van der Waals surface area (Å²) in [7, 11) is 0. The lowest BCUT2D eigenvalue weighted by Gasteiger charge is -2.22. The highest BCUT2D eigenvalue weighted by atomic mass is 35.5. The smallest absolute Gasteiger partial charge is 0.227 e. The molecule has 2 rings (SSSR count). The Morgan fingerprint density at radius 3 is 2.09 bits per heavy atom. The van der Waals surface area contributed by atoms with Crippen molar-refractivity contribution in [2.45, 2.75) is 26.2 Å². The molecule has 0 aromatic heterocycles. The maximum atomic E-state index is 12.5. The number of benzene rings is 1. The van der Waals surface area contributed by atoms with Gasteiger partial charge in [-0.1, -0.05) is 36.2 Å². The highest BCUT2D eigenvalue weighted by Crippen LogP contribution is 2.25. The third-order valence-corrected chi connectivity index (χ3v) is 4.60. The van der Waals surface area contributed by atoms with Crippen molar-refractivity contribution in [2.75, 3.05) is 26.2 Å². The van der Waals surface area contributed by atoms with Gasteiger partial charge in [0, 0.05) is 42.6 Å². The van der Waals surface area contributed by atoms with Crippen molar-refractivity contribution in [3.63, 3.8) is 0 Å². The molecule has 0 atom stereocenters. The van der Waals surface area contributed by atoms with Crippen LogP contribution in [0.1, 0.15) is 25.3 Å². The van der Waals surface area contributed by atoms with Crippen LogP contribution in [0.5, 0.6) is 0 Å². The Kier molecular flexibility index (Phi) is 6.09. The summed E-state index contributed by atoms with van der Waals surface area (Å²) in [5, 5.41) is 1.02. The van der Waals surface area contributed by atoms with Gasteiger partial charge in [0.05, 0.1) is 6.42 Å². The van der Waals surface area contributed by atoms with E-state index in [1.54, 1.807) is 23.1 Å². The first-order valence-electron chi connectivity index (χ1n) is 7.51. The molecule has 0 N–H and O–H groups in total. The number of carbonyl (C=O) groups excluding carboxylic acids is 2. The molecule has 1 aromatic rings. The summed E-state index contributed by atoms with van der Waals surface area (Å²) in [5.74, 6) is 0.143. The molecule has 0 unspecified atom stereocenters. The Balaban J connectivity index is 2.00. The summed E-state index contributed by atoms with van der Waals surface area (Å²) in [6, 6.07) is 5.24. The number of hydrogen-bond donors (Lipinski definition) is 0. The molecule has 2 amide bonds. The van der Waals surface area contributed by atoms with Crippen LogP contribution in [-0.4, -0.2) is 47.8 Å². The van der Waals surface area contributed by atoms with Crippen molar-refractivity contribution in [3.05, 3.63) is 33.8 Å². The van der Waals surface area contributed by atoms with Gasteiger partial charge in [0.15, 0.2) is 0 Å². The Morgan fingerprint density at radius 1 is 1.00 bits per heavy atom. The van der Waals surface area contributed by atoms with E-state index in [4.69, 9.17) is 23.2 Å². The molecule has 1 aliphatic heterocycles. The van der Waals surface area contributed by atoms with E-state index in [-0.39, 0.29) is 18.2 Å². The maximum absolute atomic E-state index is 12.5. The van der Waals surface area contributed by atoms with E-state index in [9.17, 15) is 9.59 Å². The Hall–Kier alpha value is -1.26. The number of rotatable bonds is 3. The molecule has 1 aliphatic rings.